The highest BCUT2D eigenvalue weighted by atomic mass is 127. The highest BCUT2D eigenvalue weighted by Gasteiger charge is 2.24. The number of hydrogen-bond donors (Lipinski definition) is 0. The summed E-state index contributed by atoms with van der Waals surface area (Å²) in [5.41, 5.74) is -0.505. The van der Waals surface area contributed by atoms with Crippen LogP contribution in [0.25, 0.3) is 0 Å². The minimum atomic E-state index is -4.18. The van der Waals surface area contributed by atoms with Crippen molar-refractivity contribution < 1.29 is 17.2 Å². The van der Waals surface area contributed by atoms with E-state index in [1.807, 2.05) is 0 Å². The van der Waals surface area contributed by atoms with Gasteiger partial charge in [0.15, 0.2) is 5.03 Å². The van der Waals surface area contributed by atoms with Crippen LogP contribution >= 0.6 is 44.9 Å². The summed E-state index contributed by atoms with van der Waals surface area (Å²) in [6, 6.07) is 0.902. The Balaban J connectivity index is 3.56. The third kappa shape index (κ3) is 3.11. The lowest BCUT2D eigenvalue weighted by molar-refractivity contribution is 0.150. The molecule has 0 atom stereocenters. The Hall–Kier alpha value is 0.270. The molecule has 0 saturated heterocycles. The third-order valence-electron chi connectivity index (χ3n) is 1.39. The molecule has 9 heteroatoms. The molecule has 0 radical (unpaired) electrons. The number of rotatable bonds is 2. The van der Waals surface area contributed by atoms with Crippen LogP contribution in [0.3, 0.4) is 0 Å². The van der Waals surface area contributed by atoms with Crippen LogP contribution in [-0.2, 0) is 9.05 Å². The fourth-order valence-electron chi connectivity index (χ4n) is 0.814. The minimum Gasteiger partial charge on any atom is -0.222 e. The minimum absolute atomic E-state index is 0.220. The lowest BCUT2D eigenvalue weighted by Crippen LogP contribution is -2.03. The smallest absolute Gasteiger partial charge is 0.222 e. The zero-order valence-corrected chi connectivity index (χ0v) is 11.2. The second-order valence-corrected chi connectivity index (χ2v) is 6.34. The quantitative estimate of drug-likeness (QED) is 0.444. The van der Waals surface area contributed by atoms with Crippen LogP contribution in [0.4, 0.5) is 8.78 Å². The maximum Gasteiger partial charge on any atom is 0.279 e. The summed E-state index contributed by atoms with van der Waals surface area (Å²) in [7, 11) is 0.838. The summed E-state index contributed by atoms with van der Waals surface area (Å²) in [5, 5.41) is -0.988. The molecule has 0 N–H and O–H groups in total. The van der Waals surface area contributed by atoms with Crippen molar-refractivity contribution in [2.24, 2.45) is 0 Å². The molecule has 0 fully saturated rings. The van der Waals surface area contributed by atoms with Crippen molar-refractivity contribution >= 4 is 53.9 Å². The second-order valence-electron chi connectivity index (χ2n) is 2.39. The monoisotopic (exact) mass is 387 g/mol. The van der Waals surface area contributed by atoms with Crippen LogP contribution in [0.2, 0.25) is 5.15 Å². The van der Waals surface area contributed by atoms with Gasteiger partial charge in [-0.3, -0.25) is 0 Å². The molecular weight excluding hydrogens is 386 g/mol. The number of hydrogen-bond acceptors (Lipinski definition) is 3. The van der Waals surface area contributed by atoms with Gasteiger partial charge in [0.1, 0.15) is 5.15 Å². The van der Waals surface area contributed by atoms with Crippen molar-refractivity contribution in [2.75, 3.05) is 0 Å². The molecule has 0 bridgehead atoms. The van der Waals surface area contributed by atoms with Crippen LogP contribution in [0, 0.1) is 3.57 Å². The standard InChI is InChI=1S/C6H2Cl2F2INO2S/c7-3-1-2(5(9)10)4(11)6(12-3)15(8,13)14/h1,5H. The van der Waals surface area contributed by atoms with Gasteiger partial charge in [-0.2, -0.15) is 0 Å². The van der Waals surface area contributed by atoms with Gasteiger partial charge >= 0.3 is 0 Å². The zero-order valence-electron chi connectivity index (χ0n) is 6.72. The Kier molecular flexibility index (Phi) is 4.13. The Labute approximate surface area is 107 Å². The molecule has 0 aliphatic carbocycles. The molecule has 0 amide bonds. The molecule has 0 aliphatic heterocycles. The van der Waals surface area contributed by atoms with E-state index in [4.69, 9.17) is 22.3 Å². The maximum atomic E-state index is 12.4. The number of nitrogens with zero attached hydrogens (tertiary/aromatic N) is 1. The van der Waals surface area contributed by atoms with Crippen molar-refractivity contribution in [1.29, 1.82) is 0 Å². The highest BCUT2D eigenvalue weighted by molar-refractivity contribution is 14.1. The van der Waals surface area contributed by atoms with Crippen LogP contribution in [-0.4, -0.2) is 13.4 Å². The summed E-state index contributed by atoms with van der Waals surface area (Å²) in [4.78, 5) is 3.39. The lowest BCUT2D eigenvalue weighted by Gasteiger charge is -2.06. The van der Waals surface area contributed by atoms with E-state index in [2.05, 4.69) is 4.98 Å². The molecule has 1 heterocycles. The first-order valence-corrected chi connectivity index (χ1v) is 7.09. The largest absolute Gasteiger partial charge is 0.279 e. The molecule has 3 nitrogen and oxygen atoms in total. The van der Waals surface area contributed by atoms with Gasteiger partial charge in [-0.25, -0.2) is 22.2 Å². The SMILES string of the molecule is O=S(=O)(Cl)c1nc(Cl)cc(C(F)F)c1I. The van der Waals surface area contributed by atoms with E-state index in [0.717, 1.165) is 6.07 Å². The van der Waals surface area contributed by atoms with Crippen molar-refractivity contribution in [3.8, 4) is 0 Å². The Morgan fingerprint density at radius 2 is 2.00 bits per heavy atom. The first kappa shape index (κ1) is 13.3. The Bertz CT molecular complexity index is 494. The van der Waals surface area contributed by atoms with Gasteiger partial charge in [0.25, 0.3) is 15.5 Å². The van der Waals surface area contributed by atoms with Crippen molar-refractivity contribution in [1.82, 2.24) is 4.98 Å². The predicted octanol–water partition coefficient (Wildman–Crippen LogP) is 3.20. The number of aromatic nitrogens is 1. The van der Waals surface area contributed by atoms with Gasteiger partial charge in [0, 0.05) is 16.2 Å². The van der Waals surface area contributed by atoms with Crippen molar-refractivity contribution in [3.63, 3.8) is 0 Å². The number of halogens is 5. The Morgan fingerprint density at radius 1 is 1.47 bits per heavy atom. The van der Waals surface area contributed by atoms with Crippen LogP contribution < -0.4 is 0 Å². The van der Waals surface area contributed by atoms with E-state index in [0.29, 0.717) is 0 Å². The van der Waals surface area contributed by atoms with Gasteiger partial charge in [0.2, 0.25) is 0 Å². The summed E-state index contributed by atoms with van der Waals surface area (Å²) >= 11 is 6.83. The molecule has 0 aliphatic rings. The molecule has 15 heavy (non-hydrogen) atoms. The molecule has 0 saturated carbocycles. The van der Waals surface area contributed by atoms with Crippen molar-refractivity contribution in [3.05, 3.63) is 20.4 Å². The third-order valence-corrected chi connectivity index (χ3v) is 4.28. The average molecular weight is 388 g/mol. The second kappa shape index (κ2) is 4.64. The van der Waals surface area contributed by atoms with E-state index in [1.54, 1.807) is 0 Å². The zero-order chi connectivity index (χ0) is 11.8. The van der Waals surface area contributed by atoms with E-state index in [1.165, 1.54) is 22.6 Å². The van der Waals surface area contributed by atoms with E-state index in [-0.39, 0.29) is 8.72 Å². The molecule has 0 aromatic carbocycles. The van der Waals surface area contributed by atoms with Gasteiger partial charge in [-0.1, -0.05) is 11.6 Å². The summed E-state index contributed by atoms with van der Waals surface area (Å²) in [5.74, 6) is 0. The van der Waals surface area contributed by atoms with Gasteiger partial charge in [-0.15, -0.1) is 0 Å². The summed E-state index contributed by atoms with van der Waals surface area (Å²) < 4.78 is 46.6. The molecule has 1 aromatic rings. The van der Waals surface area contributed by atoms with E-state index >= 15 is 0 Å². The van der Waals surface area contributed by atoms with Crippen LogP contribution in [0.5, 0.6) is 0 Å². The fraction of sp³-hybridized carbons (Fsp3) is 0.167. The van der Waals surface area contributed by atoms with E-state index < -0.39 is 26.1 Å². The highest BCUT2D eigenvalue weighted by Crippen LogP contribution is 2.31. The van der Waals surface area contributed by atoms with Gasteiger partial charge < -0.3 is 0 Å². The molecule has 1 aromatic heterocycles. The maximum absolute atomic E-state index is 12.4. The summed E-state index contributed by atoms with van der Waals surface area (Å²) in [6.45, 7) is 0. The van der Waals surface area contributed by atoms with E-state index in [9.17, 15) is 17.2 Å². The Morgan fingerprint density at radius 3 is 2.40 bits per heavy atom. The van der Waals surface area contributed by atoms with Crippen molar-refractivity contribution in [2.45, 2.75) is 11.5 Å². The van der Waals surface area contributed by atoms with Gasteiger partial charge in [-0.05, 0) is 28.7 Å². The number of alkyl halides is 2. The lowest BCUT2D eigenvalue weighted by atomic mass is 10.3. The molecular formula is C6H2Cl2F2INO2S. The number of pyridine rings is 1. The fourth-order valence-corrected chi connectivity index (χ4v) is 3.71. The predicted molar refractivity (Wildman–Crippen MR) is 60.0 cm³/mol. The molecule has 0 spiro atoms. The van der Waals surface area contributed by atoms with Gasteiger partial charge in [0.05, 0.1) is 3.57 Å². The first-order chi connectivity index (χ1) is 6.73. The van der Waals surface area contributed by atoms with Crippen LogP contribution in [0.15, 0.2) is 11.1 Å². The molecule has 1 rings (SSSR count). The topological polar surface area (TPSA) is 47.0 Å². The average Bonchev–Trinajstić information content (AvgIpc) is 2.06. The molecule has 0 unspecified atom stereocenters. The van der Waals surface area contributed by atoms with Crippen LogP contribution in [0.1, 0.15) is 12.0 Å². The molecule has 84 valence electrons. The first-order valence-electron chi connectivity index (χ1n) is 3.32. The summed E-state index contributed by atoms with van der Waals surface area (Å²) in [6.07, 6.45) is -2.84. The normalized spacial score (nSPS) is 12.1.